The van der Waals surface area contributed by atoms with Crippen LogP contribution >= 0.6 is 12.4 Å². The summed E-state index contributed by atoms with van der Waals surface area (Å²) in [5, 5.41) is 12.3. The van der Waals surface area contributed by atoms with Crippen LogP contribution in [0.4, 0.5) is 4.79 Å². The van der Waals surface area contributed by atoms with Gasteiger partial charge in [-0.1, -0.05) is 24.0 Å². The van der Waals surface area contributed by atoms with E-state index in [1.165, 1.54) is 0 Å². The maximum atomic E-state index is 12.2. The Labute approximate surface area is 136 Å². The molecule has 2 heterocycles. The van der Waals surface area contributed by atoms with Crippen LogP contribution in [0.1, 0.15) is 11.1 Å². The summed E-state index contributed by atoms with van der Waals surface area (Å²) in [4.78, 5) is 15.9. The smallest absolute Gasteiger partial charge is 0.321 e. The molecule has 2 aliphatic rings. The molecule has 0 bridgehead atoms. The fourth-order valence-electron chi connectivity index (χ4n) is 2.75. The fourth-order valence-corrected chi connectivity index (χ4v) is 2.75. The number of halogens is 1. The third-order valence-electron chi connectivity index (χ3n) is 3.94. The minimum atomic E-state index is 0. The molecule has 0 aromatic heterocycles. The van der Waals surface area contributed by atoms with Crippen LogP contribution in [0.2, 0.25) is 0 Å². The minimum Gasteiger partial charge on any atom is -0.392 e. The Morgan fingerprint density at radius 3 is 2.77 bits per heavy atom. The molecule has 2 saturated heterocycles. The summed E-state index contributed by atoms with van der Waals surface area (Å²) >= 11 is 0. The van der Waals surface area contributed by atoms with E-state index in [9.17, 15) is 4.79 Å². The molecular weight excluding hydrogens is 302 g/mol. The Morgan fingerprint density at radius 1 is 1.32 bits per heavy atom. The van der Waals surface area contributed by atoms with Crippen molar-refractivity contribution in [1.82, 2.24) is 15.1 Å². The maximum absolute atomic E-state index is 12.2. The van der Waals surface area contributed by atoms with Gasteiger partial charge in [0.2, 0.25) is 0 Å². The number of rotatable bonds is 2. The highest BCUT2D eigenvalue weighted by Crippen LogP contribution is 2.16. The number of amides is 2. The van der Waals surface area contributed by atoms with Crippen LogP contribution in [0.3, 0.4) is 0 Å². The summed E-state index contributed by atoms with van der Waals surface area (Å²) in [6.07, 6.45) is 0. The van der Waals surface area contributed by atoms with Crippen LogP contribution in [0.25, 0.3) is 0 Å². The van der Waals surface area contributed by atoms with Crippen molar-refractivity contribution in [3.05, 3.63) is 35.4 Å². The van der Waals surface area contributed by atoms with Crippen molar-refractivity contribution in [3.63, 3.8) is 0 Å². The van der Waals surface area contributed by atoms with Gasteiger partial charge >= 0.3 is 6.03 Å². The SMILES string of the molecule is Cl.O=C1N(CC#Cc2ccc(CO)cc2)C[C@@H]2CNCCN12. The van der Waals surface area contributed by atoms with E-state index in [2.05, 4.69) is 17.2 Å². The van der Waals surface area contributed by atoms with Crippen LogP contribution in [-0.2, 0) is 6.61 Å². The van der Waals surface area contributed by atoms with Crippen LogP contribution < -0.4 is 5.32 Å². The Kier molecular flexibility index (Phi) is 5.67. The molecule has 2 N–H and O–H groups in total. The highest BCUT2D eigenvalue weighted by molar-refractivity contribution is 5.85. The zero-order chi connectivity index (χ0) is 14.7. The first-order valence-electron chi connectivity index (χ1n) is 7.23. The fraction of sp³-hybridized carbons (Fsp3) is 0.438. The lowest BCUT2D eigenvalue weighted by Gasteiger charge is -2.28. The highest BCUT2D eigenvalue weighted by atomic mass is 35.5. The second-order valence-corrected chi connectivity index (χ2v) is 5.37. The lowest BCUT2D eigenvalue weighted by atomic mass is 10.1. The quantitative estimate of drug-likeness (QED) is 0.787. The van der Waals surface area contributed by atoms with Gasteiger partial charge in [0.05, 0.1) is 19.2 Å². The third kappa shape index (κ3) is 3.53. The molecule has 0 spiro atoms. The zero-order valence-electron chi connectivity index (χ0n) is 12.3. The van der Waals surface area contributed by atoms with Gasteiger partial charge in [-0.05, 0) is 17.7 Å². The molecule has 2 amide bonds. The number of aliphatic hydroxyl groups excluding tert-OH is 1. The third-order valence-corrected chi connectivity index (χ3v) is 3.94. The van der Waals surface area contributed by atoms with E-state index < -0.39 is 0 Å². The van der Waals surface area contributed by atoms with E-state index in [4.69, 9.17) is 5.11 Å². The number of aliphatic hydroxyl groups is 1. The zero-order valence-corrected chi connectivity index (χ0v) is 13.1. The molecule has 22 heavy (non-hydrogen) atoms. The molecule has 1 aromatic carbocycles. The molecule has 0 aliphatic carbocycles. The molecule has 0 unspecified atom stereocenters. The summed E-state index contributed by atoms with van der Waals surface area (Å²) in [7, 11) is 0. The lowest BCUT2D eigenvalue weighted by molar-refractivity contribution is 0.181. The van der Waals surface area contributed by atoms with Gasteiger partial charge in [-0.15, -0.1) is 12.4 Å². The molecule has 0 saturated carbocycles. The largest absolute Gasteiger partial charge is 0.392 e. The summed E-state index contributed by atoms with van der Waals surface area (Å²) < 4.78 is 0. The van der Waals surface area contributed by atoms with Crippen LogP contribution in [-0.4, -0.2) is 59.7 Å². The second kappa shape index (κ2) is 7.50. The van der Waals surface area contributed by atoms with Crippen molar-refractivity contribution in [2.45, 2.75) is 12.6 Å². The number of hydrogen-bond donors (Lipinski definition) is 2. The molecular formula is C16H20ClN3O2. The van der Waals surface area contributed by atoms with Crippen molar-refractivity contribution in [1.29, 1.82) is 0 Å². The Hall–Kier alpha value is -1.74. The normalized spacial score (nSPS) is 20.0. The van der Waals surface area contributed by atoms with Gasteiger partial charge in [0.15, 0.2) is 0 Å². The van der Waals surface area contributed by atoms with E-state index in [-0.39, 0.29) is 31.1 Å². The number of piperazine rings is 1. The molecule has 0 radical (unpaired) electrons. The van der Waals surface area contributed by atoms with Crippen LogP contribution in [0, 0.1) is 11.8 Å². The Morgan fingerprint density at radius 2 is 2.09 bits per heavy atom. The van der Waals surface area contributed by atoms with Gasteiger partial charge in [-0.25, -0.2) is 4.79 Å². The number of hydrogen-bond acceptors (Lipinski definition) is 3. The van der Waals surface area contributed by atoms with E-state index in [0.29, 0.717) is 6.54 Å². The van der Waals surface area contributed by atoms with Crippen LogP contribution in [0.5, 0.6) is 0 Å². The number of carbonyl (C=O) groups is 1. The molecule has 5 nitrogen and oxygen atoms in total. The lowest BCUT2D eigenvalue weighted by Crippen LogP contribution is -2.49. The highest BCUT2D eigenvalue weighted by Gasteiger charge is 2.37. The summed E-state index contributed by atoms with van der Waals surface area (Å²) in [5.74, 6) is 6.13. The van der Waals surface area contributed by atoms with E-state index in [1.54, 1.807) is 0 Å². The topological polar surface area (TPSA) is 55.8 Å². The molecule has 1 atom stereocenters. The van der Waals surface area contributed by atoms with E-state index in [1.807, 2.05) is 34.1 Å². The monoisotopic (exact) mass is 321 g/mol. The number of urea groups is 1. The minimum absolute atomic E-state index is 0. The van der Waals surface area contributed by atoms with Gasteiger partial charge in [-0.2, -0.15) is 0 Å². The average molecular weight is 322 g/mol. The number of nitrogens with one attached hydrogen (secondary N) is 1. The van der Waals surface area contributed by atoms with Crippen LogP contribution in [0.15, 0.2) is 24.3 Å². The number of fused-ring (bicyclic) bond motifs is 1. The van der Waals surface area contributed by atoms with Gasteiger partial charge in [0, 0.05) is 31.7 Å². The standard InChI is InChI=1S/C16H19N3O2.ClH/c20-12-14-5-3-13(4-6-14)2-1-8-18-11-15-10-17-7-9-19(15)16(18)21;/h3-6,15,17,20H,7-12H2;1H/t15-;/m0./s1. The molecule has 6 heteroatoms. The first kappa shape index (κ1) is 16.6. The predicted octanol–water partition coefficient (Wildman–Crippen LogP) is 0.662. The van der Waals surface area contributed by atoms with Gasteiger partial charge in [-0.3, -0.25) is 0 Å². The van der Waals surface area contributed by atoms with Crippen molar-refractivity contribution >= 4 is 18.4 Å². The van der Waals surface area contributed by atoms with Crippen molar-refractivity contribution in [3.8, 4) is 11.8 Å². The molecule has 1 aromatic rings. The van der Waals surface area contributed by atoms with E-state index in [0.717, 1.165) is 37.3 Å². The van der Waals surface area contributed by atoms with E-state index >= 15 is 0 Å². The van der Waals surface area contributed by atoms with Crippen molar-refractivity contribution < 1.29 is 9.90 Å². The molecule has 118 valence electrons. The predicted molar refractivity (Wildman–Crippen MR) is 86.8 cm³/mol. The number of nitrogens with zero attached hydrogens (tertiary/aromatic N) is 2. The number of benzene rings is 1. The first-order chi connectivity index (χ1) is 10.3. The Balaban J connectivity index is 0.00000176. The molecule has 2 fully saturated rings. The van der Waals surface area contributed by atoms with Gasteiger partial charge in [0.1, 0.15) is 0 Å². The van der Waals surface area contributed by atoms with Gasteiger partial charge < -0.3 is 20.2 Å². The second-order valence-electron chi connectivity index (χ2n) is 5.37. The first-order valence-corrected chi connectivity index (χ1v) is 7.23. The summed E-state index contributed by atoms with van der Waals surface area (Å²) in [6, 6.07) is 7.88. The average Bonchev–Trinajstić information content (AvgIpc) is 2.85. The summed E-state index contributed by atoms with van der Waals surface area (Å²) in [6.45, 7) is 3.80. The number of carbonyl (C=O) groups excluding carboxylic acids is 1. The maximum Gasteiger partial charge on any atom is 0.321 e. The molecule has 2 aliphatic heterocycles. The van der Waals surface area contributed by atoms with Crippen molar-refractivity contribution in [2.24, 2.45) is 0 Å². The van der Waals surface area contributed by atoms with Crippen molar-refractivity contribution in [2.75, 3.05) is 32.7 Å². The van der Waals surface area contributed by atoms with Gasteiger partial charge in [0.25, 0.3) is 0 Å². The molecule has 3 rings (SSSR count). The summed E-state index contributed by atoms with van der Waals surface area (Å²) in [5.41, 5.74) is 1.78. The Bertz CT molecular complexity index is 579.